The van der Waals surface area contributed by atoms with Gasteiger partial charge in [-0.3, -0.25) is 4.99 Å². The molecule has 0 saturated carbocycles. The quantitative estimate of drug-likeness (QED) is 0.333. The van der Waals surface area contributed by atoms with E-state index in [9.17, 15) is 0 Å². The van der Waals surface area contributed by atoms with Crippen molar-refractivity contribution in [3.05, 3.63) is 95.3 Å². The van der Waals surface area contributed by atoms with Crippen LogP contribution in [0.15, 0.2) is 100 Å². The number of nitrogens with zero attached hydrogens (tertiary/aromatic N) is 4. The SMILES string of the molecule is CCCC(C)N=C1C=C2CN(c3ccc(Cl)cc3)c3ccccc3N=C2C=C1Nc1cccnc1OC. The van der Waals surface area contributed by atoms with Crippen LogP contribution < -0.4 is 15.0 Å². The number of aromatic nitrogens is 1. The van der Waals surface area contributed by atoms with Crippen molar-refractivity contribution in [1.29, 1.82) is 0 Å². The lowest BCUT2D eigenvalue weighted by Crippen LogP contribution is -2.26. The lowest BCUT2D eigenvalue weighted by Gasteiger charge is -2.26. The topological polar surface area (TPSA) is 62.1 Å². The molecule has 188 valence electrons. The summed E-state index contributed by atoms with van der Waals surface area (Å²) in [5, 5.41) is 4.23. The van der Waals surface area contributed by atoms with Crippen molar-refractivity contribution in [2.75, 3.05) is 23.9 Å². The van der Waals surface area contributed by atoms with Gasteiger partial charge in [0.15, 0.2) is 0 Å². The zero-order valence-electron chi connectivity index (χ0n) is 21.3. The molecule has 3 aromatic rings. The van der Waals surface area contributed by atoms with Crippen molar-refractivity contribution in [1.82, 2.24) is 4.98 Å². The average molecular weight is 512 g/mol. The molecular formula is C30H30ClN5O. The number of para-hydroxylation sites is 2. The van der Waals surface area contributed by atoms with E-state index in [0.717, 1.165) is 58.3 Å². The molecule has 1 aromatic heterocycles. The zero-order valence-corrected chi connectivity index (χ0v) is 22.0. The molecule has 37 heavy (non-hydrogen) atoms. The molecule has 0 saturated heterocycles. The van der Waals surface area contributed by atoms with Crippen LogP contribution in [0.1, 0.15) is 26.7 Å². The van der Waals surface area contributed by atoms with Gasteiger partial charge in [-0.2, -0.15) is 0 Å². The monoisotopic (exact) mass is 511 g/mol. The molecule has 1 aliphatic carbocycles. The summed E-state index contributed by atoms with van der Waals surface area (Å²) in [6.07, 6.45) is 8.04. The molecule has 1 aliphatic heterocycles. The Kier molecular flexibility index (Phi) is 7.37. The molecule has 0 bridgehead atoms. The van der Waals surface area contributed by atoms with Crippen LogP contribution in [-0.2, 0) is 0 Å². The fourth-order valence-electron chi connectivity index (χ4n) is 4.59. The molecule has 0 amide bonds. The summed E-state index contributed by atoms with van der Waals surface area (Å²) in [6.45, 7) is 4.99. The Balaban J connectivity index is 1.60. The Morgan fingerprint density at radius 2 is 1.89 bits per heavy atom. The van der Waals surface area contributed by atoms with Gasteiger partial charge in [0, 0.05) is 22.9 Å². The third-order valence-electron chi connectivity index (χ3n) is 6.38. The number of ether oxygens (including phenoxy) is 1. The molecule has 2 aromatic carbocycles. The highest BCUT2D eigenvalue weighted by Gasteiger charge is 2.26. The molecule has 1 atom stereocenters. The van der Waals surface area contributed by atoms with Gasteiger partial charge in [0.2, 0.25) is 5.88 Å². The Labute approximate surface area is 223 Å². The van der Waals surface area contributed by atoms with Gasteiger partial charge in [-0.15, -0.1) is 0 Å². The fourth-order valence-corrected chi connectivity index (χ4v) is 4.72. The van der Waals surface area contributed by atoms with Crippen LogP contribution >= 0.6 is 11.6 Å². The van der Waals surface area contributed by atoms with Crippen LogP contribution in [-0.4, -0.2) is 36.1 Å². The van der Waals surface area contributed by atoms with Gasteiger partial charge in [-0.25, -0.2) is 9.98 Å². The molecule has 0 radical (unpaired) electrons. The molecule has 6 nitrogen and oxygen atoms in total. The summed E-state index contributed by atoms with van der Waals surface area (Å²) in [4.78, 5) is 16.8. The molecule has 0 fully saturated rings. The number of methoxy groups -OCH3 is 1. The number of nitrogens with one attached hydrogen (secondary N) is 1. The summed E-state index contributed by atoms with van der Waals surface area (Å²) < 4.78 is 5.48. The van der Waals surface area contributed by atoms with E-state index in [4.69, 9.17) is 26.3 Å². The first-order valence-corrected chi connectivity index (χ1v) is 12.9. The van der Waals surface area contributed by atoms with Gasteiger partial charge < -0.3 is 15.0 Å². The largest absolute Gasteiger partial charge is 0.480 e. The van der Waals surface area contributed by atoms with Crippen molar-refractivity contribution < 1.29 is 4.74 Å². The van der Waals surface area contributed by atoms with Gasteiger partial charge in [0.1, 0.15) is 5.69 Å². The number of fused-ring (bicyclic) bond motifs is 2. The van der Waals surface area contributed by atoms with Crippen molar-refractivity contribution in [3.8, 4) is 5.88 Å². The van der Waals surface area contributed by atoms with Crippen LogP contribution in [0.25, 0.3) is 0 Å². The van der Waals surface area contributed by atoms with Crippen LogP contribution in [0, 0.1) is 0 Å². The summed E-state index contributed by atoms with van der Waals surface area (Å²) in [5.41, 5.74) is 7.54. The maximum absolute atomic E-state index is 6.19. The Morgan fingerprint density at radius 1 is 1.08 bits per heavy atom. The molecule has 0 spiro atoms. The lowest BCUT2D eigenvalue weighted by molar-refractivity contribution is 0.400. The number of hydrogen-bond donors (Lipinski definition) is 1. The Morgan fingerprint density at radius 3 is 2.68 bits per heavy atom. The number of allylic oxidation sites excluding steroid dienone is 2. The molecule has 1 N–H and O–H groups in total. The van der Waals surface area contributed by atoms with E-state index in [0.29, 0.717) is 17.4 Å². The third-order valence-corrected chi connectivity index (χ3v) is 6.63. The fraction of sp³-hybridized carbons (Fsp3) is 0.233. The Hall–Kier alpha value is -3.90. The van der Waals surface area contributed by atoms with Gasteiger partial charge in [0.05, 0.1) is 42.1 Å². The van der Waals surface area contributed by atoms with Crippen molar-refractivity contribution in [2.24, 2.45) is 9.98 Å². The second-order valence-corrected chi connectivity index (χ2v) is 9.55. The van der Waals surface area contributed by atoms with Gasteiger partial charge in [-0.05, 0) is 79.6 Å². The van der Waals surface area contributed by atoms with Crippen LogP contribution in [0.3, 0.4) is 0 Å². The van der Waals surface area contributed by atoms with Crippen LogP contribution in [0.5, 0.6) is 5.88 Å². The summed E-state index contributed by atoms with van der Waals surface area (Å²) in [6, 6.07) is 20.2. The number of halogens is 1. The second kappa shape index (κ2) is 11.0. The van der Waals surface area contributed by atoms with E-state index in [1.54, 1.807) is 13.3 Å². The van der Waals surface area contributed by atoms with Gasteiger partial charge in [0.25, 0.3) is 0 Å². The third kappa shape index (κ3) is 5.44. The van der Waals surface area contributed by atoms with Crippen LogP contribution in [0.4, 0.5) is 22.7 Å². The van der Waals surface area contributed by atoms with E-state index in [-0.39, 0.29) is 6.04 Å². The Bertz CT molecular complexity index is 1410. The maximum atomic E-state index is 6.19. The summed E-state index contributed by atoms with van der Waals surface area (Å²) in [7, 11) is 1.62. The molecule has 5 rings (SSSR count). The number of anilines is 3. The highest BCUT2D eigenvalue weighted by Crippen LogP contribution is 2.39. The number of aliphatic imine (C=N–C) groups is 2. The smallest absolute Gasteiger partial charge is 0.237 e. The minimum atomic E-state index is 0.187. The van der Waals surface area contributed by atoms with E-state index >= 15 is 0 Å². The van der Waals surface area contributed by atoms with E-state index in [1.807, 2.05) is 54.6 Å². The van der Waals surface area contributed by atoms with Crippen LogP contribution in [0.2, 0.25) is 5.02 Å². The molecule has 2 heterocycles. The first-order valence-electron chi connectivity index (χ1n) is 12.5. The van der Waals surface area contributed by atoms with Crippen molar-refractivity contribution in [3.63, 3.8) is 0 Å². The van der Waals surface area contributed by atoms with E-state index in [2.05, 4.69) is 47.3 Å². The normalized spacial score (nSPS) is 16.6. The number of hydrogen-bond acceptors (Lipinski definition) is 6. The standard InChI is InChI=1S/C30H30ClN5O/c1-4-8-20(2)33-27-17-21-19-36(23-14-12-22(31)13-15-23)29-11-6-5-9-24(29)34-26(21)18-28(27)35-25-10-7-16-32-30(25)37-3/h5-7,9-18,20,35H,4,8,19H2,1-3H3. The predicted octanol–water partition coefficient (Wildman–Crippen LogP) is 7.53. The second-order valence-electron chi connectivity index (χ2n) is 9.11. The number of rotatable bonds is 7. The molecule has 2 aliphatic rings. The molecular weight excluding hydrogens is 482 g/mol. The lowest BCUT2D eigenvalue weighted by atomic mass is 9.98. The first kappa shape index (κ1) is 24.8. The van der Waals surface area contributed by atoms with Crippen molar-refractivity contribution >= 4 is 45.8 Å². The highest BCUT2D eigenvalue weighted by atomic mass is 35.5. The predicted molar refractivity (Wildman–Crippen MR) is 154 cm³/mol. The number of benzene rings is 2. The zero-order chi connectivity index (χ0) is 25.8. The first-order chi connectivity index (χ1) is 18.1. The van der Waals surface area contributed by atoms with Gasteiger partial charge >= 0.3 is 0 Å². The van der Waals surface area contributed by atoms with E-state index in [1.165, 1.54) is 0 Å². The van der Waals surface area contributed by atoms with Gasteiger partial charge in [-0.1, -0.05) is 37.1 Å². The summed E-state index contributed by atoms with van der Waals surface area (Å²) in [5.74, 6) is 0.529. The van der Waals surface area contributed by atoms with Crippen molar-refractivity contribution in [2.45, 2.75) is 32.7 Å². The molecule has 7 heteroatoms. The summed E-state index contributed by atoms with van der Waals surface area (Å²) >= 11 is 6.19. The minimum absolute atomic E-state index is 0.187. The maximum Gasteiger partial charge on any atom is 0.237 e. The molecule has 1 unspecified atom stereocenters. The van der Waals surface area contributed by atoms with E-state index < -0.39 is 0 Å². The minimum Gasteiger partial charge on any atom is -0.480 e. The highest BCUT2D eigenvalue weighted by molar-refractivity contribution is 6.30. The number of pyridine rings is 1. The average Bonchev–Trinajstić information content (AvgIpc) is 3.06.